The van der Waals surface area contributed by atoms with Crippen molar-refractivity contribution in [3.63, 3.8) is 0 Å². The zero-order valence-electron chi connectivity index (χ0n) is 14.1. The van der Waals surface area contributed by atoms with Gasteiger partial charge in [0.1, 0.15) is 5.54 Å². The Kier molecular flexibility index (Phi) is 5.70. The predicted octanol–water partition coefficient (Wildman–Crippen LogP) is 4.31. The molecule has 2 fully saturated rings. The highest BCUT2D eigenvalue weighted by Gasteiger charge is 2.49. The molecular weight excluding hydrogens is 262 g/mol. The van der Waals surface area contributed by atoms with Crippen LogP contribution < -0.4 is 0 Å². The second kappa shape index (κ2) is 7.13. The van der Waals surface area contributed by atoms with Crippen LogP contribution in [0.25, 0.3) is 0 Å². The zero-order chi connectivity index (χ0) is 15.5. The number of carboxylic acids is 1. The molecule has 21 heavy (non-hydrogen) atoms. The summed E-state index contributed by atoms with van der Waals surface area (Å²) in [5.41, 5.74) is -0.558. The molecule has 1 aliphatic carbocycles. The average molecular weight is 295 g/mol. The van der Waals surface area contributed by atoms with E-state index in [0.717, 1.165) is 44.1 Å². The standard InChI is InChI=1S/C18H33NO2/c1-4-11-18(17(20)21)12-6-13-19(18)16-8-5-7-15(9-10-16)14(2)3/h14-16H,4-13H2,1-3H3,(H,20,21). The maximum atomic E-state index is 12.0. The Balaban J connectivity index is 2.10. The first-order valence-electron chi connectivity index (χ1n) is 9.01. The fraction of sp³-hybridized carbons (Fsp3) is 0.944. The summed E-state index contributed by atoms with van der Waals surface area (Å²) in [6.45, 7) is 7.77. The van der Waals surface area contributed by atoms with Crippen molar-refractivity contribution in [1.29, 1.82) is 0 Å². The molecule has 122 valence electrons. The fourth-order valence-corrected chi connectivity index (χ4v) is 4.74. The number of hydrogen-bond donors (Lipinski definition) is 1. The van der Waals surface area contributed by atoms with Crippen molar-refractivity contribution in [3.05, 3.63) is 0 Å². The number of carboxylic acid groups (broad SMARTS) is 1. The van der Waals surface area contributed by atoms with Gasteiger partial charge in [-0.25, -0.2) is 0 Å². The molecule has 2 aliphatic rings. The molecule has 0 radical (unpaired) electrons. The molecule has 1 saturated heterocycles. The summed E-state index contributed by atoms with van der Waals surface area (Å²) in [6, 6.07) is 0.499. The molecule has 3 atom stereocenters. The first-order valence-corrected chi connectivity index (χ1v) is 9.01. The second-order valence-electron chi connectivity index (χ2n) is 7.55. The van der Waals surface area contributed by atoms with Crippen LogP contribution in [0.5, 0.6) is 0 Å². The summed E-state index contributed by atoms with van der Waals surface area (Å²) in [5, 5.41) is 9.86. The smallest absolute Gasteiger partial charge is 0.324 e. The van der Waals surface area contributed by atoms with E-state index in [1.807, 2.05) is 0 Å². The van der Waals surface area contributed by atoms with E-state index in [2.05, 4.69) is 25.7 Å². The minimum atomic E-state index is -0.577. The molecule has 1 aliphatic heterocycles. The molecule has 1 saturated carbocycles. The quantitative estimate of drug-likeness (QED) is 0.768. The van der Waals surface area contributed by atoms with E-state index in [1.54, 1.807) is 0 Å². The van der Waals surface area contributed by atoms with Gasteiger partial charge in [-0.05, 0) is 56.9 Å². The van der Waals surface area contributed by atoms with E-state index in [-0.39, 0.29) is 0 Å². The molecular formula is C18H33NO2. The van der Waals surface area contributed by atoms with Crippen molar-refractivity contribution in [2.45, 2.75) is 90.1 Å². The lowest BCUT2D eigenvalue weighted by Gasteiger charge is -2.40. The molecule has 3 heteroatoms. The largest absolute Gasteiger partial charge is 0.480 e. The summed E-state index contributed by atoms with van der Waals surface area (Å²) in [4.78, 5) is 14.4. The topological polar surface area (TPSA) is 40.5 Å². The van der Waals surface area contributed by atoms with Crippen molar-refractivity contribution in [3.8, 4) is 0 Å². The Morgan fingerprint density at radius 1 is 1.24 bits per heavy atom. The SMILES string of the molecule is CCCC1(C(=O)O)CCCN1C1CCCC(C(C)C)CC1. The molecule has 2 rings (SSSR count). The first kappa shape index (κ1) is 16.8. The van der Waals surface area contributed by atoms with Gasteiger partial charge in [0.15, 0.2) is 0 Å². The van der Waals surface area contributed by atoms with E-state index in [0.29, 0.717) is 6.04 Å². The predicted molar refractivity (Wildman–Crippen MR) is 86.4 cm³/mol. The van der Waals surface area contributed by atoms with Gasteiger partial charge in [0.25, 0.3) is 0 Å². The molecule has 1 heterocycles. The van der Waals surface area contributed by atoms with E-state index in [9.17, 15) is 9.90 Å². The monoisotopic (exact) mass is 295 g/mol. The Hall–Kier alpha value is -0.570. The van der Waals surface area contributed by atoms with Gasteiger partial charge in [0.05, 0.1) is 0 Å². The molecule has 0 aromatic rings. The number of likely N-dealkylation sites (tertiary alicyclic amines) is 1. The molecule has 3 unspecified atom stereocenters. The molecule has 0 bridgehead atoms. The molecule has 0 spiro atoms. The number of carbonyl (C=O) groups is 1. The minimum absolute atomic E-state index is 0.499. The van der Waals surface area contributed by atoms with Crippen LogP contribution in [0.15, 0.2) is 0 Å². The lowest BCUT2D eigenvalue weighted by molar-refractivity contribution is -0.152. The van der Waals surface area contributed by atoms with Crippen LogP contribution in [0.3, 0.4) is 0 Å². The summed E-state index contributed by atoms with van der Waals surface area (Å²) in [6.07, 6.45) is 9.94. The molecule has 0 aromatic heterocycles. The lowest BCUT2D eigenvalue weighted by Crippen LogP contribution is -2.54. The molecule has 3 nitrogen and oxygen atoms in total. The lowest BCUT2D eigenvalue weighted by atomic mass is 9.87. The van der Waals surface area contributed by atoms with Crippen LogP contribution in [0.2, 0.25) is 0 Å². The third-order valence-electron chi connectivity index (χ3n) is 5.97. The van der Waals surface area contributed by atoms with Gasteiger partial charge >= 0.3 is 5.97 Å². The Morgan fingerprint density at radius 2 is 2.00 bits per heavy atom. The van der Waals surface area contributed by atoms with Crippen LogP contribution in [-0.2, 0) is 4.79 Å². The third-order valence-corrected chi connectivity index (χ3v) is 5.97. The number of hydrogen-bond acceptors (Lipinski definition) is 2. The van der Waals surface area contributed by atoms with E-state index in [4.69, 9.17) is 0 Å². The Bertz CT molecular complexity index is 355. The van der Waals surface area contributed by atoms with E-state index >= 15 is 0 Å². The molecule has 0 amide bonds. The minimum Gasteiger partial charge on any atom is -0.480 e. The fourth-order valence-electron chi connectivity index (χ4n) is 4.74. The average Bonchev–Trinajstić information content (AvgIpc) is 2.70. The highest BCUT2D eigenvalue weighted by Crippen LogP contribution is 2.40. The van der Waals surface area contributed by atoms with Crippen molar-refractivity contribution in [2.24, 2.45) is 11.8 Å². The number of nitrogens with zero attached hydrogens (tertiary/aromatic N) is 1. The van der Waals surface area contributed by atoms with Gasteiger partial charge in [-0.2, -0.15) is 0 Å². The van der Waals surface area contributed by atoms with Crippen LogP contribution in [-0.4, -0.2) is 34.1 Å². The summed E-state index contributed by atoms with van der Waals surface area (Å²) >= 11 is 0. The molecule has 1 N–H and O–H groups in total. The number of aliphatic carboxylic acids is 1. The van der Waals surface area contributed by atoms with Crippen LogP contribution >= 0.6 is 0 Å². The Labute approximate surface area is 130 Å². The van der Waals surface area contributed by atoms with Gasteiger partial charge in [-0.1, -0.05) is 40.0 Å². The highest BCUT2D eigenvalue weighted by molar-refractivity contribution is 5.79. The summed E-state index contributed by atoms with van der Waals surface area (Å²) < 4.78 is 0. The van der Waals surface area contributed by atoms with Gasteiger partial charge in [0.2, 0.25) is 0 Å². The first-order chi connectivity index (χ1) is 10.0. The van der Waals surface area contributed by atoms with Crippen LogP contribution in [0.4, 0.5) is 0 Å². The third kappa shape index (κ3) is 3.44. The van der Waals surface area contributed by atoms with E-state index in [1.165, 1.54) is 32.1 Å². The van der Waals surface area contributed by atoms with Gasteiger partial charge < -0.3 is 5.11 Å². The van der Waals surface area contributed by atoms with E-state index < -0.39 is 11.5 Å². The maximum absolute atomic E-state index is 12.0. The molecule has 0 aromatic carbocycles. The van der Waals surface area contributed by atoms with Crippen molar-refractivity contribution in [1.82, 2.24) is 4.90 Å². The normalized spacial score (nSPS) is 35.0. The zero-order valence-corrected chi connectivity index (χ0v) is 14.1. The van der Waals surface area contributed by atoms with Crippen molar-refractivity contribution < 1.29 is 9.90 Å². The van der Waals surface area contributed by atoms with Crippen molar-refractivity contribution >= 4 is 5.97 Å². The van der Waals surface area contributed by atoms with Gasteiger partial charge in [0, 0.05) is 6.04 Å². The van der Waals surface area contributed by atoms with Gasteiger partial charge in [-0.3, -0.25) is 9.69 Å². The Morgan fingerprint density at radius 3 is 2.62 bits per heavy atom. The number of rotatable bonds is 5. The highest BCUT2D eigenvalue weighted by atomic mass is 16.4. The van der Waals surface area contributed by atoms with Crippen molar-refractivity contribution in [2.75, 3.05) is 6.54 Å². The summed E-state index contributed by atoms with van der Waals surface area (Å²) in [5.74, 6) is 1.02. The van der Waals surface area contributed by atoms with Gasteiger partial charge in [-0.15, -0.1) is 0 Å². The van der Waals surface area contributed by atoms with Crippen LogP contribution in [0, 0.1) is 11.8 Å². The summed E-state index contributed by atoms with van der Waals surface area (Å²) in [7, 11) is 0. The second-order valence-corrected chi connectivity index (χ2v) is 7.55. The maximum Gasteiger partial charge on any atom is 0.324 e. The van der Waals surface area contributed by atoms with Crippen LogP contribution in [0.1, 0.15) is 78.6 Å².